The minimum atomic E-state index is -0.513. The molecule has 1 aromatic heterocycles. The molecule has 1 unspecified atom stereocenters. The molecule has 4 nitrogen and oxygen atoms in total. The van der Waals surface area contributed by atoms with Crippen LogP contribution >= 0.6 is 0 Å². The number of hydrogen-bond acceptors (Lipinski definition) is 3. The second kappa shape index (κ2) is 7.75. The first-order chi connectivity index (χ1) is 12.4. The van der Waals surface area contributed by atoms with Crippen molar-refractivity contribution in [2.24, 2.45) is 5.92 Å². The zero-order valence-electron chi connectivity index (χ0n) is 16.4. The number of pyridine rings is 1. The maximum atomic E-state index is 12.8. The van der Waals surface area contributed by atoms with Gasteiger partial charge in [-0.2, -0.15) is 0 Å². The zero-order valence-corrected chi connectivity index (χ0v) is 16.4. The van der Waals surface area contributed by atoms with E-state index >= 15 is 0 Å². The number of fused-ring (bicyclic) bond motifs is 1. The van der Waals surface area contributed by atoms with Crippen LogP contribution in [0.5, 0.6) is 0 Å². The normalized spacial score (nSPS) is 20.9. The summed E-state index contributed by atoms with van der Waals surface area (Å²) in [5.41, 5.74) is 1.64. The van der Waals surface area contributed by atoms with Gasteiger partial charge in [-0.3, -0.25) is 9.78 Å². The van der Waals surface area contributed by atoms with Gasteiger partial charge in [0.2, 0.25) is 5.91 Å². The molecule has 2 atom stereocenters. The van der Waals surface area contributed by atoms with Gasteiger partial charge in [0, 0.05) is 24.0 Å². The molecule has 140 valence electrons. The second-order valence-electron chi connectivity index (χ2n) is 8.08. The summed E-state index contributed by atoms with van der Waals surface area (Å²) in [6.07, 6.45) is 5.93. The Hall–Kier alpha value is -1.94. The summed E-state index contributed by atoms with van der Waals surface area (Å²) in [6, 6.07) is 8.58. The minimum absolute atomic E-state index is 0.0966. The van der Waals surface area contributed by atoms with Crippen LogP contribution in [-0.2, 0) is 10.3 Å². The molecule has 0 radical (unpaired) electrons. The van der Waals surface area contributed by atoms with E-state index in [1.54, 1.807) is 0 Å². The van der Waals surface area contributed by atoms with Crippen LogP contribution in [0.3, 0.4) is 0 Å². The highest BCUT2D eigenvalue weighted by atomic mass is 16.1. The molecule has 1 saturated heterocycles. The molecule has 4 heteroatoms. The lowest BCUT2D eigenvalue weighted by Gasteiger charge is -2.33. The van der Waals surface area contributed by atoms with Crippen molar-refractivity contribution in [3.63, 3.8) is 0 Å². The Balaban J connectivity index is 1.78. The van der Waals surface area contributed by atoms with E-state index < -0.39 is 5.54 Å². The lowest BCUT2D eigenvalue weighted by Crippen LogP contribution is -2.48. The van der Waals surface area contributed by atoms with E-state index in [-0.39, 0.29) is 11.9 Å². The fourth-order valence-electron chi connectivity index (χ4n) is 4.27. The van der Waals surface area contributed by atoms with Crippen LogP contribution in [0.25, 0.3) is 10.8 Å². The Morgan fingerprint density at radius 2 is 2.12 bits per heavy atom. The van der Waals surface area contributed by atoms with Gasteiger partial charge in [0.25, 0.3) is 0 Å². The summed E-state index contributed by atoms with van der Waals surface area (Å²) in [5, 5.41) is 9.08. The monoisotopic (exact) mass is 353 g/mol. The van der Waals surface area contributed by atoms with Gasteiger partial charge in [-0.25, -0.2) is 0 Å². The molecule has 0 aliphatic carbocycles. The van der Waals surface area contributed by atoms with Gasteiger partial charge in [-0.05, 0) is 63.1 Å². The average molecular weight is 354 g/mol. The van der Waals surface area contributed by atoms with Gasteiger partial charge in [0.1, 0.15) is 0 Å². The van der Waals surface area contributed by atoms with Crippen molar-refractivity contribution < 1.29 is 4.79 Å². The Morgan fingerprint density at radius 3 is 2.88 bits per heavy atom. The smallest absolute Gasteiger partial charge is 0.222 e. The van der Waals surface area contributed by atoms with E-state index in [1.807, 2.05) is 26.1 Å². The number of carbonyl (C=O) groups excluding carboxylic acids is 1. The summed E-state index contributed by atoms with van der Waals surface area (Å²) in [5.74, 6) is 0.690. The van der Waals surface area contributed by atoms with Crippen molar-refractivity contribution in [2.75, 3.05) is 6.54 Å². The van der Waals surface area contributed by atoms with Crippen molar-refractivity contribution in [3.05, 3.63) is 41.7 Å². The van der Waals surface area contributed by atoms with Crippen LogP contribution in [-0.4, -0.2) is 23.5 Å². The van der Waals surface area contributed by atoms with Gasteiger partial charge >= 0.3 is 0 Å². The van der Waals surface area contributed by atoms with E-state index in [4.69, 9.17) is 0 Å². The molecule has 1 aromatic carbocycles. The molecule has 2 N–H and O–H groups in total. The average Bonchev–Trinajstić information content (AvgIpc) is 2.61. The third kappa shape index (κ3) is 3.90. The summed E-state index contributed by atoms with van der Waals surface area (Å²) in [4.78, 5) is 17.4. The number of aromatic nitrogens is 1. The maximum Gasteiger partial charge on any atom is 0.222 e. The molecule has 1 fully saturated rings. The number of hydrogen-bond donors (Lipinski definition) is 2. The molecule has 3 rings (SSSR count). The number of carbonyl (C=O) groups is 1. The SMILES string of the molecule is CCC1CCCN[C@@H]1CC(=O)NC(C)(C)c1nccc2c(C)cccc12. The van der Waals surface area contributed by atoms with E-state index in [1.165, 1.54) is 23.8 Å². The van der Waals surface area contributed by atoms with Crippen molar-refractivity contribution in [2.45, 2.75) is 65.0 Å². The van der Waals surface area contributed by atoms with Gasteiger partial charge < -0.3 is 10.6 Å². The number of benzene rings is 1. The van der Waals surface area contributed by atoms with Crippen LogP contribution in [0.15, 0.2) is 30.5 Å². The Morgan fingerprint density at radius 1 is 1.31 bits per heavy atom. The summed E-state index contributed by atoms with van der Waals surface area (Å²) < 4.78 is 0. The third-order valence-electron chi connectivity index (χ3n) is 5.72. The Labute approximate surface area is 156 Å². The molecule has 1 aliphatic rings. The highest BCUT2D eigenvalue weighted by molar-refractivity contribution is 5.88. The third-order valence-corrected chi connectivity index (χ3v) is 5.72. The number of aryl methyl sites for hydroxylation is 1. The number of nitrogens with one attached hydrogen (secondary N) is 2. The number of piperidine rings is 1. The second-order valence-corrected chi connectivity index (χ2v) is 8.08. The highest BCUT2D eigenvalue weighted by Gasteiger charge is 2.30. The standard InChI is InChI=1S/C22H31N3O/c1-5-16-9-7-12-23-19(16)14-20(26)25-22(3,4)21-18-10-6-8-15(2)17(18)11-13-24-21/h6,8,10-11,13,16,19,23H,5,7,9,12,14H2,1-4H3,(H,25,26)/t16?,19-/m1/s1. The number of nitrogens with zero attached hydrogens (tertiary/aromatic N) is 1. The Bertz CT molecular complexity index is 784. The zero-order chi connectivity index (χ0) is 18.7. The molecular weight excluding hydrogens is 322 g/mol. The molecule has 2 heterocycles. The minimum Gasteiger partial charge on any atom is -0.346 e. The van der Waals surface area contributed by atoms with Crippen LogP contribution < -0.4 is 10.6 Å². The fourth-order valence-corrected chi connectivity index (χ4v) is 4.27. The number of rotatable bonds is 5. The molecule has 0 bridgehead atoms. The largest absolute Gasteiger partial charge is 0.346 e. The van der Waals surface area contributed by atoms with Crippen molar-refractivity contribution in [3.8, 4) is 0 Å². The van der Waals surface area contributed by atoms with E-state index in [0.29, 0.717) is 12.3 Å². The van der Waals surface area contributed by atoms with E-state index in [2.05, 4.69) is 47.7 Å². The predicted molar refractivity (Wildman–Crippen MR) is 107 cm³/mol. The van der Waals surface area contributed by atoms with E-state index in [0.717, 1.165) is 24.0 Å². The van der Waals surface area contributed by atoms with Crippen LogP contribution in [0.4, 0.5) is 0 Å². The van der Waals surface area contributed by atoms with Crippen LogP contribution in [0.1, 0.15) is 57.7 Å². The lowest BCUT2D eigenvalue weighted by molar-refractivity contribution is -0.123. The van der Waals surface area contributed by atoms with Crippen molar-refractivity contribution in [1.29, 1.82) is 0 Å². The van der Waals surface area contributed by atoms with Crippen LogP contribution in [0.2, 0.25) is 0 Å². The summed E-state index contributed by atoms with van der Waals surface area (Å²) >= 11 is 0. The molecule has 2 aromatic rings. The first-order valence-electron chi connectivity index (χ1n) is 9.81. The molecule has 0 spiro atoms. The predicted octanol–water partition coefficient (Wildman–Crippen LogP) is 4.06. The van der Waals surface area contributed by atoms with E-state index in [9.17, 15) is 4.79 Å². The van der Waals surface area contributed by atoms with Crippen molar-refractivity contribution in [1.82, 2.24) is 15.6 Å². The quantitative estimate of drug-likeness (QED) is 0.852. The molecule has 26 heavy (non-hydrogen) atoms. The molecule has 1 aliphatic heterocycles. The summed E-state index contributed by atoms with van der Waals surface area (Å²) in [7, 11) is 0. The first kappa shape index (κ1) is 18.8. The highest BCUT2D eigenvalue weighted by Crippen LogP contribution is 2.29. The van der Waals surface area contributed by atoms with Crippen LogP contribution in [0, 0.1) is 12.8 Å². The topological polar surface area (TPSA) is 54.0 Å². The summed E-state index contributed by atoms with van der Waals surface area (Å²) in [6.45, 7) is 9.43. The molecular formula is C22H31N3O. The molecule has 0 saturated carbocycles. The van der Waals surface area contributed by atoms with Crippen molar-refractivity contribution >= 4 is 16.7 Å². The Kier molecular flexibility index (Phi) is 5.61. The number of amides is 1. The maximum absolute atomic E-state index is 12.8. The first-order valence-corrected chi connectivity index (χ1v) is 9.81. The van der Waals surface area contributed by atoms with Gasteiger partial charge in [-0.15, -0.1) is 0 Å². The lowest BCUT2D eigenvalue weighted by atomic mass is 9.86. The fraction of sp³-hybridized carbons (Fsp3) is 0.545. The van der Waals surface area contributed by atoms with Gasteiger partial charge in [0.05, 0.1) is 11.2 Å². The van der Waals surface area contributed by atoms with Gasteiger partial charge in [0.15, 0.2) is 0 Å². The van der Waals surface area contributed by atoms with Gasteiger partial charge in [-0.1, -0.05) is 31.5 Å². The molecule has 1 amide bonds.